The van der Waals surface area contributed by atoms with E-state index in [0.717, 1.165) is 30.8 Å². The third kappa shape index (κ3) is 4.25. The fraction of sp³-hybridized carbons (Fsp3) is 0.409. The summed E-state index contributed by atoms with van der Waals surface area (Å²) in [6, 6.07) is 18.6. The van der Waals surface area contributed by atoms with Crippen LogP contribution in [0.15, 0.2) is 54.6 Å². The van der Waals surface area contributed by atoms with Gasteiger partial charge in [-0.1, -0.05) is 62.4 Å². The van der Waals surface area contributed by atoms with Crippen LogP contribution in [0.3, 0.4) is 0 Å². The molecule has 0 bridgehead atoms. The molecule has 0 saturated carbocycles. The van der Waals surface area contributed by atoms with Crippen molar-refractivity contribution in [2.45, 2.75) is 26.3 Å². The van der Waals surface area contributed by atoms with E-state index >= 15 is 0 Å². The number of amides is 1. The minimum atomic E-state index is -0.127. The highest BCUT2D eigenvalue weighted by Gasteiger charge is 2.27. The Kier molecular flexibility index (Phi) is 6.29. The molecule has 0 aromatic heterocycles. The van der Waals surface area contributed by atoms with Crippen molar-refractivity contribution >= 4 is 5.91 Å². The van der Waals surface area contributed by atoms with Gasteiger partial charge in [0.1, 0.15) is 12.4 Å². The van der Waals surface area contributed by atoms with Crippen LogP contribution in [0.5, 0.6) is 5.75 Å². The van der Waals surface area contributed by atoms with Gasteiger partial charge in [-0.05, 0) is 36.7 Å². The van der Waals surface area contributed by atoms with Gasteiger partial charge in [-0.3, -0.25) is 9.69 Å². The third-order valence-corrected chi connectivity index (χ3v) is 5.16. The summed E-state index contributed by atoms with van der Waals surface area (Å²) in [6.07, 6.45) is 0.739. The molecule has 0 fully saturated rings. The van der Waals surface area contributed by atoms with Crippen molar-refractivity contribution in [3.8, 4) is 5.75 Å². The second-order valence-corrected chi connectivity index (χ2v) is 6.71. The lowest BCUT2D eigenvalue weighted by Gasteiger charge is -2.31. The van der Waals surface area contributed by atoms with Crippen LogP contribution in [0.2, 0.25) is 0 Å². The molecular formula is C22H28N2O2. The number of likely N-dealkylation sites (N-methyl/N-ethyl adjacent to an activating group) is 1. The van der Waals surface area contributed by atoms with Crippen LogP contribution < -0.4 is 10.1 Å². The lowest BCUT2D eigenvalue weighted by Crippen LogP contribution is -2.42. The van der Waals surface area contributed by atoms with Crippen molar-refractivity contribution in [1.29, 1.82) is 0 Å². The Hall–Kier alpha value is -2.33. The lowest BCUT2D eigenvalue weighted by atomic mass is 9.96. The molecule has 0 radical (unpaired) electrons. The van der Waals surface area contributed by atoms with Crippen LogP contribution in [0.4, 0.5) is 0 Å². The first-order valence-corrected chi connectivity index (χ1v) is 9.50. The van der Waals surface area contributed by atoms with Crippen LogP contribution in [0.1, 0.15) is 31.0 Å². The van der Waals surface area contributed by atoms with E-state index in [2.05, 4.69) is 48.3 Å². The van der Waals surface area contributed by atoms with Gasteiger partial charge in [-0.15, -0.1) is 0 Å². The van der Waals surface area contributed by atoms with Crippen molar-refractivity contribution in [3.05, 3.63) is 65.7 Å². The summed E-state index contributed by atoms with van der Waals surface area (Å²) in [5.41, 5.74) is 2.35. The van der Waals surface area contributed by atoms with Gasteiger partial charge in [0.05, 0.1) is 12.0 Å². The monoisotopic (exact) mass is 352 g/mol. The van der Waals surface area contributed by atoms with E-state index in [1.54, 1.807) is 0 Å². The molecule has 2 aromatic rings. The molecule has 138 valence electrons. The van der Waals surface area contributed by atoms with Crippen molar-refractivity contribution in [3.63, 3.8) is 0 Å². The predicted molar refractivity (Wildman–Crippen MR) is 104 cm³/mol. The smallest absolute Gasteiger partial charge is 0.226 e. The number of hydrogen-bond acceptors (Lipinski definition) is 3. The fourth-order valence-electron chi connectivity index (χ4n) is 3.64. The normalized spacial score (nSPS) is 17.3. The maximum Gasteiger partial charge on any atom is 0.226 e. The highest BCUT2D eigenvalue weighted by Crippen LogP contribution is 2.27. The number of fused-ring (bicyclic) bond motifs is 1. The summed E-state index contributed by atoms with van der Waals surface area (Å²) >= 11 is 0. The second-order valence-electron chi connectivity index (χ2n) is 6.71. The van der Waals surface area contributed by atoms with Crippen LogP contribution in [-0.2, 0) is 11.2 Å². The summed E-state index contributed by atoms with van der Waals surface area (Å²) in [4.78, 5) is 15.1. The molecule has 3 rings (SSSR count). The molecule has 0 aliphatic carbocycles. The van der Waals surface area contributed by atoms with E-state index in [1.807, 2.05) is 30.3 Å². The number of nitrogens with zero attached hydrogens (tertiary/aromatic N) is 1. The van der Waals surface area contributed by atoms with Gasteiger partial charge in [0, 0.05) is 6.54 Å². The third-order valence-electron chi connectivity index (χ3n) is 5.16. The quantitative estimate of drug-likeness (QED) is 0.830. The van der Waals surface area contributed by atoms with Gasteiger partial charge in [-0.25, -0.2) is 0 Å². The minimum Gasteiger partial charge on any atom is -0.492 e. The average Bonchev–Trinajstić information content (AvgIpc) is 2.71. The number of carbonyl (C=O) groups is 1. The lowest BCUT2D eigenvalue weighted by molar-refractivity contribution is -0.126. The number of benzene rings is 2. The van der Waals surface area contributed by atoms with E-state index in [0.29, 0.717) is 13.2 Å². The zero-order valence-corrected chi connectivity index (χ0v) is 15.7. The largest absolute Gasteiger partial charge is 0.492 e. The number of hydrogen-bond donors (Lipinski definition) is 1. The Balaban J connectivity index is 1.64. The molecule has 1 aliphatic heterocycles. The number of para-hydroxylation sites is 1. The molecule has 0 spiro atoms. The predicted octanol–water partition coefficient (Wildman–Crippen LogP) is 3.44. The van der Waals surface area contributed by atoms with E-state index in [9.17, 15) is 4.79 Å². The number of ether oxygens (including phenoxy) is 1. The number of carbonyl (C=O) groups excluding carboxylic acids is 1. The van der Waals surface area contributed by atoms with Crippen LogP contribution in [0.25, 0.3) is 0 Å². The number of nitrogens with one attached hydrogen (secondary N) is 1. The molecule has 4 nitrogen and oxygen atoms in total. The van der Waals surface area contributed by atoms with Gasteiger partial charge in [0.15, 0.2) is 0 Å². The molecule has 4 heteroatoms. The summed E-state index contributed by atoms with van der Waals surface area (Å²) in [6.45, 7) is 7.28. The Morgan fingerprint density at radius 1 is 1.12 bits per heavy atom. The molecular weight excluding hydrogens is 324 g/mol. The zero-order valence-electron chi connectivity index (χ0n) is 15.7. The SMILES string of the molecule is CCN(CC)[C@H](CNC(=O)[C@H]1COc2ccccc2C1)c1ccccc1. The first kappa shape index (κ1) is 18.5. The minimum absolute atomic E-state index is 0.0765. The van der Waals surface area contributed by atoms with Crippen LogP contribution in [-0.4, -0.2) is 37.0 Å². The summed E-state index contributed by atoms with van der Waals surface area (Å²) in [7, 11) is 0. The Labute approximate surface area is 156 Å². The van der Waals surface area contributed by atoms with Gasteiger partial charge < -0.3 is 10.1 Å². The fourth-order valence-corrected chi connectivity index (χ4v) is 3.64. The zero-order chi connectivity index (χ0) is 18.4. The van der Waals surface area contributed by atoms with Gasteiger partial charge >= 0.3 is 0 Å². The first-order valence-electron chi connectivity index (χ1n) is 9.50. The van der Waals surface area contributed by atoms with Crippen molar-refractivity contribution in [1.82, 2.24) is 10.2 Å². The maximum absolute atomic E-state index is 12.7. The van der Waals surface area contributed by atoms with Crippen LogP contribution >= 0.6 is 0 Å². The highest BCUT2D eigenvalue weighted by molar-refractivity contribution is 5.79. The van der Waals surface area contributed by atoms with Crippen LogP contribution in [0, 0.1) is 5.92 Å². The number of rotatable bonds is 7. The first-order chi connectivity index (χ1) is 12.7. The van der Waals surface area contributed by atoms with Gasteiger partial charge in [-0.2, -0.15) is 0 Å². The van der Waals surface area contributed by atoms with E-state index in [1.165, 1.54) is 5.56 Å². The molecule has 2 aromatic carbocycles. The molecule has 2 atom stereocenters. The van der Waals surface area contributed by atoms with E-state index in [4.69, 9.17) is 4.74 Å². The molecule has 1 amide bonds. The van der Waals surface area contributed by atoms with Crippen molar-refractivity contribution < 1.29 is 9.53 Å². The van der Waals surface area contributed by atoms with Crippen molar-refractivity contribution in [2.24, 2.45) is 5.92 Å². The molecule has 1 aliphatic rings. The second kappa shape index (κ2) is 8.86. The van der Waals surface area contributed by atoms with E-state index in [-0.39, 0.29) is 17.9 Å². The maximum atomic E-state index is 12.7. The summed E-state index contributed by atoms with van der Waals surface area (Å²) in [5, 5.41) is 3.17. The van der Waals surface area contributed by atoms with Crippen molar-refractivity contribution in [2.75, 3.05) is 26.2 Å². The molecule has 1 N–H and O–H groups in total. The molecule has 1 heterocycles. The highest BCUT2D eigenvalue weighted by atomic mass is 16.5. The Bertz CT molecular complexity index is 713. The Morgan fingerprint density at radius 2 is 1.81 bits per heavy atom. The molecule has 26 heavy (non-hydrogen) atoms. The Morgan fingerprint density at radius 3 is 2.54 bits per heavy atom. The average molecular weight is 352 g/mol. The van der Waals surface area contributed by atoms with Gasteiger partial charge in [0.2, 0.25) is 5.91 Å². The van der Waals surface area contributed by atoms with E-state index < -0.39 is 0 Å². The summed E-state index contributed by atoms with van der Waals surface area (Å²) < 4.78 is 5.77. The molecule has 0 unspecified atom stereocenters. The molecule has 0 saturated heterocycles. The summed E-state index contributed by atoms with van der Waals surface area (Å²) in [5.74, 6) is 0.854. The standard InChI is InChI=1S/C22H28N2O2/c1-3-24(4-2)20(17-10-6-5-7-11-17)15-23-22(25)19-14-18-12-8-9-13-21(18)26-16-19/h5-13,19-20H,3-4,14-16H2,1-2H3,(H,23,25)/t19-,20-/m1/s1. The topological polar surface area (TPSA) is 41.6 Å². The van der Waals surface area contributed by atoms with Gasteiger partial charge in [0.25, 0.3) is 0 Å².